The monoisotopic (exact) mass is 289 g/mol. The second-order valence-corrected chi connectivity index (χ2v) is 5.10. The molecule has 7 heteroatoms. The number of ether oxygens (including phenoxy) is 1. The maximum absolute atomic E-state index is 12.1. The van der Waals surface area contributed by atoms with E-state index in [4.69, 9.17) is 4.74 Å². The van der Waals surface area contributed by atoms with Gasteiger partial charge < -0.3 is 15.2 Å². The van der Waals surface area contributed by atoms with Gasteiger partial charge in [-0.25, -0.2) is 4.79 Å². The molecule has 1 atom stereocenters. The Labute approximate surface area is 120 Å². The first-order valence-corrected chi connectivity index (χ1v) is 6.63. The molecule has 1 unspecified atom stereocenters. The third-order valence-electron chi connectivity index (χ3n) is 3.65. The van der Waals surface area contributed by atoms with Crippen LogP contribution in [-0.4, -0.2) is 45.5 Å². The van der Waals surface area contributed by atoms with Gasteiger partial charge in [-0.2, -0.15) is 5.10 Å². The highest BCUT2D eigenvalue weighted by atomic mass is 16.5. The third kappa shape index (κ3) is 2.47. The number of fused-ring (bicyclic) bond motifs is 1. The third-order valence-corrected chi connectivity index (χ3v) is 3.65. The van der Waals surface area contributed by atoms with Crippen molar-refractivity contribution in [2.75, 3.05) is 13.2 Å². The number of rotatable bonds is 4. The van der Waals surface area contributed by atoms with Crippen LogP contribution in [0.3, 0.4) is 0 Å². The van der Waals surface area contributed by atoms with Gasteiger partial charge in [0.15, 0.2) is 5.54 Å². The van der Waals surface area contributed by atoms with Crippen LogP contribution >= 0.6 is 0 Å². The van der Waals surface area contributed by atoms with Crippen LogP contribution < -0.4 is 5.32 Å². The lowest BCUT2D eigenvalue weighted by Crippen LogP contribution is -2.55. The van der Waals surface area contributed by atoms with Crippen LogP contribution in [0.2, 0.25) is 0 Å². The summed E-state index contributed by atoms with van der Waals surface area (Å²) in [5.74, 6) is -1.46. The van der Waals surface area contributed by atoms with Gasteiger partial charge in [-0.05, 0) is 6.07 Å². The molecule has 1 aliphatic rings. The van der Waals surface area contributed by atoms with Crippen LogP contribution in [0.1, 0.15) is 6.42 Å². The number of hydrogen-bond acceptors (Lipinski definition) is 4. The Bertz CT molecular complexity index is 688. The van der Waals surface area contributed by atoms with Crippen LogP contribution in [0.25, 0.3) is 10.9 Å². The van der Waals surface area contributed by atoms with Crippen molar-refractivity contribution in [2.45, 2.75) is 18.5 Å². The number of amides is 1. The molecule has 0 bridgehead atoms. The van der Waals surface area contributed by atoms with E-state index in [0.29, 0.717) is 6.61 Å². The maximum Gasteiger partial charge on any atom is 0.331 e. The number of hydrogen-bond donors (Lipinski definition) is 2. The molecule has 1 fully saturated rings. The van der Waals surface area contributed by atoms with Crippen molar-refractivity contribution in [3.8, 4) is 0 Å². The molecular weight excluding hydrogens is 274 g/mol. The summed E-state index contributed by atoms with van der Waals surface area (Å²) < 4.78 is 6.66. The number of para-hydroxylation sites is 1. The number of aromatic nitrogens is 2. The first-order chi connectivity index (χ1) is 10.1. The number of nitrogens with zero attached hydrogens (tertiary/aromatic N) is 2. The highest BCUT2D eigenvalue weighted by Crippen LogP contribution is 2.19. The number of carbonyl (C=O) groups is 2. The molecule has 21 heavy (non-hydrogen) atoms. The zero-order valence-corrected chi connectivity index (χ0v) is 11.3. The molecule has 1 aliphatic heterocycles. The van der Waals surface area contributed by atoms with Crippen molar-refractivity contribution in [1.29, 1.82) is 0 Å². The molecule has 0 saturated carbocycles. The van der Waals surface area contributed by atoms with E-state index in [0.717, 1.165) is 10.9 Å². The normalized spacial score (nSPS) is 21.5. The summed E-state index contributed by atoms with van der Waals surface area (Å²) in [5.41, 5.74) is -0.486. The van der Waals surface area contributed by atoms with Gasteiger partial charge in [0.05, 0.1) is 18.3 Å². The molecule has 2 heterocycles. The van der Waals surface area contributed by atoms with E-state index in [1.807, 2.05) is 24.3 Å². The predicted molar refractivity (Wildman–Crippen MR) is 73.7 cm³/mol. The van der Waals surface area contributed by atoms with Gasteiger partial charge in [-0.3, -0.25) is 9.48 Å². The zero-order valence-electron chi connectivity index (χ0n) is 11.3. The summed E-state index contributed by atoms with van der Waals surface area (Å²) in [6.45, 7) is 0.299. The number of nitrogens with one attached hydrogen (secondary N) is 1. The van der Waals surface area contributed by atoms with Crippen LogP contribution in [-0.2, 0) is 20.9 Å². The molecule has 2 aromatic rings. The minimum absolute atomic E-state index is 0.00602. The summed E-state index contributed by atoms with van der Waals surface area (Å²) in [6, 6.07) is 7.52. The molecule has 1 aromatic heterocycles. The standard InChI is InChI=1S/C14H15N3O4/c18-12(16-14(13(19)20)5-6-21-9-14)8-17-11-4-2-1-3-10(11)7-15-17/h1-4,7H,5-6,8-9H2,(H,16,18)(H,19,20). The van der Waals surface area contributed by atoms with E-state index in [9.17, 15) is 14.7 Å². The second kappa shape index (κ2) is 5.17. The Balaban J connectivity index is 1.76. The molecule has 7 nitrogen and oxygen atoms in total. The van der Waals surface area contributed by atoms with Gasteiger partial charge >= 0.3 is 5.97 Å². The Kier molecular flexibility index (Phi) is 3.34. The number of carboxylic acid groups (broad SMARTS) is 1. The predicted octanol–water partition coefficient (Wildman–Crippen LogP) is 0.396. The molecule has 0 aliphatic carbocycles. The first kappa shape index (κ1) is 13.6. The molecule has 0 spiro atoms. The molecule has 3 rings (SSSR count). The Morgan fingerprint density at radius 1 is 1.43 bits per heavy atom. The molecular formula is C14H15N3O4. The van der Waals surface area contributed by atoms with Crippen molar-refractivity contribution in [1.82, 2.24) is 15.1 Å². The fraction of sp³-hybridized carbons (Fsp3) is 0.357. The second-order valence-electron chi connectivity index (χ2n) is 5.10. The fourth-order valence-corrected chi connectivity index (χ4v) is 2.48. The summed E-state index contributed by atoms with van der Waals surface area (Å²) in [4.78, 5) is 23.5. The summed E-state index contributed by atoms with van der Waals surface area (Å²) in [7, 11) is 0. The number of aliphatic carboxylic acids is 1. The molecule has 0 radical (unpaired) electrons. The Morgan fingerprint density at radius 3 is 2.95 bits per heavy atom. The highest BCUT2D eigenvalue weighted by molar-refractivity contribution is 5.88. The lowest BCUT2D eigenvalue weighted by molar-refractivity contribution is -0.147. The lowest BCUT2D eigenvalue weighted by Gasteiger charge is -2.23. The molecule has 110 valence electrons. The Morgan fingerprint density at radius 2 is 2.24 bits per heavy atom. The molecule has 1 amide bonds. The largest absolute Gasteiger partial charge is 0.479 e. The Hall–Kier alpha value is -2.41. The van der Waals surface area contributed by atoms with Crippen molar-refractivity contribution in [3.63, 3.8) is 0 Å². The topological polar surface area (TPSA) is 93.5 Å². The van der Waals surface area contributed by atoms with Crippen LogP contribution in [0.4, 0.5) is 0 Å². The van der Waals surface area contributed by atoms with Gasteiger partial charge in [-0.1, -0.05) is 18.2 Å². The van der Waals surface area contributed by atoms with Crippen LogP contribution in [0.5, 0.6) is 0 Å². The number of carboxylic acids is 1. The zero-order chi connectivity index (χ0) is 14.9. The number of benzene rings is 1. The SMILES string of the molecule is O=C(Cn1ncc2ccccc21)NC1(C(=O)O)CCOC1. The van der Waals surface area contributed by atoms with Gasteiger partial charge in [0.2, 0.25) is 5.91 Å². The average Bonchev–Trinajstić information content (AvgIpc) is 3.08. The van der Waals surface area contributed by atoms with E-state index in [1.54, 1.807) is 10.9 Å². The van der Waals surface area contributed by atoms with E-state index in [2.05, 4.69) is 10.4 Å². The van der Waals surface area contributed by atoms with E-state index in [1.165, 1.54) is 0 Å². The fourth-order valence-electron chi connectivity index (χ4n) is 2.48. The van der Waals surface area contributed by atoms with Gasteiger partial charge in [-0.15, -0.1) is 0 Å². The van der Waals surface area contributed by atoms with Gasteiger partial charge in [0.25, 0.3) is 0 Å². The lowest BCUT2D eigenvalue weighted by atomic mass is 9.99. The van der Waals surface area contributed by atoms with Crippen LogP contribution in [0.15, 0.2) is 30.5 Å². The van der Waals surface area contributed by atoms with E-state index < -0.39 is 17.4 Å². The quantitative estimate of drug-likeness (QED) is 0.849. The first-order valence-electron chi connectivity index (χ1n) is 6.63. The van der Waals surface area contributed by atoms with E-state index in [-0.39, 0.29) is 19.6 Å². The minimum atomic E-state index is -1.32. The summed E-state index contributed by atoms with van der Waals surface area (Å²) in [5, 5.41) is 17.0. The van der Waals surface area contributed by atoms with Crippen molar-refractivity contribution in [3.05, 3.63) is 30.5 Å². The van der Waals surface area contributed by atoms with Crippen molar-refractivity contribution >= 4 is 22.8 Å². The van der Waals surface area contributed by atoms with Gasteiger partial charge in [0.1, 0.15) is 6.54 Å². The van der Waals surface area contributed by atoms with Crippen molar-refractivity contribution < 1.29 is 19.4 Å². The summed E-state index contributed by atoms with van der Waals surface area (Å²) >= 11 is 0. The van der Waals surface area contributed by atoms with Crippen molar-refractivity contribution in [2.24, 2.45) is 0 Å². The van der Waals surface area contributed by atoms with E-state index >= 15 is 0 Å². The van der Waals surface area contributed by atoms with Gasteiger partial charge in [0, 0.05) is 18.4 Å². The molecule has 2 N–H and O–H groups in total. The highest BCUT2D eigenvalue weighted by Gasteiger charge is 2.43. The smallest absolute Gasteiger partial charge is 0.331 e. The van der Waals surface area contributed by atoms with Crippen LogP contribution in [0, 0.1) is 0 Å². The minimum Gasteiger partial charge on any atom is -0.479 e. The number of carbonyl (C=O) groups excluding carboxylic acids is 1. The molecule has 1 saturated heterocycles. The summed E-state index contributed by atoms with van der Waals surface area (Å²) in [6.07, 6.45) is 1.95. The average molecular weight is 289 g/mol. The maximum atomic E-state index is 12.1. The molecule has 1 aromatic carbocycles.